The molecule has 0 heterocycles. The summed E-state index contributed by atoms with van der Waals surface area (Å²) in [6, 6.07) is 18.2. The van der Waals surface area contributed by atoms with Gasteiger partial charge in [0.25, 0.3) is 0 Å². The van der Waals surface area contributed by atoms with E-state index < -0.39 is 0 Å². The summed E-state index contributed by atoms with van der Waals surface area (Å²) in [6.07, 6.45) is 0.930. The molecule has 2 N–H and O–H groups in total. The van der Waals surface area contributed by atoms with E-state index in [1.54, 1.807) is 0 Å². The molecule has 0 unspecified atom stereocenters. The summed E-state index contributed by atoms with van der Waals surface area (Å²) in [6.45, 7) is 1.30. The average Bonchev–Trinajstić information content (AvgIpc) is 2.40. The van der Waals surface area contributed by atoms with Crippen molar-refractivity contribution in [3.8, 4) is 5.75 Å². The molecular weight excluding hydrogens is 210 g/mol. The van der Waals surface area contributed by atoms with E-state index >= 15 is 0 Å². The van der Waals surface area contributed by atoms with E-state index in [0.29, 0.717) is 13.2 Å². The van der Waals surface area contributed by atoms with Gasteiger partial charge in [-0.1, -0.05) is 42.5 Å². The predicted octanol–water partition coefficient (Wildman–Crippen LogP) is 2.77. The minimum atomic E-state index is 0.604. The molecule has 0 fully saturated rings. The first-order chi connectivity index (χ1) is 8.38. The largest absolute Gasteiger partial charge is 0.489 e. The molecule has 2 rings (SSSR count). The number of para-hydroxylation sites is 1. The zero-order chi connectivity index (χ0) is 11.9. The fraction of sp³-hybridized carbons (Fsp3) is 0.200. The molecular formula is C15H17NO. The first kappa shape index (κ1) is 11.7. The van der Waals surface area contributed by atoms with Gasteiger partial charge in [-0.15, -0.1) is 0 Å². The summed E-state index contributed by atoms with van der Waals surface area (Å²) in [5.74, 6) is 0.901. The molecule has 2 aromatic rings. The maximum absolute atomic E-state index is 5.67. The van der Waals surface area contributed by atoms with Crippen molar-refractivity contribution in [1.82, 2.24) is 0 Å². The third-order valence-electron chi connectivity index (χ3n) is 2.60. The van der Waals surface area contributed by atoms with Crippen LogP contribution < -0.4 is 10.5 Å². The number of rotatable bonds is 5. The highest BCUT2D eigenvalue weighted by Gasteiger charge is 1.96. The van der Waals surface area contributed by atoms with Gasteiger partial charge in [0.1, 0.15) is 12.4 Å². The maximum Gasteiger partial charge on any atom is 0.119 e. The molecule has 0 radical (unpaired) electrons. The molecule has 2 aromatic carbocycles. The summed E-state index contributed by atoms with van der Waals surface area (Å²) in [5.41, 5.74) is 7.96. The highest BCUT2D eigenvalue weighted by Crippen LogP contribution is 2.12. The van der Waals surface area contributed by atoms with Crippen LogP contribution in [0.25, 0.3) is 0 Å². The zero-order valence-corrected chi connectivity index (χ0v) is 9.80. The number of benzene rings is 2. The van der Waals surface area contributed by atoms with Crippen molar-refractivity contribution in [2.24, 2.45) is 5.73 Å². The monoisotopic (exact) mass is 227 g/mol. The molecule has 0 amide bonds. The molecule has 0 atom stereocenters. The predicted molar refractivity (Wildman–Crippen MR) is 70.0 cm³/mol. The lowest BCUT2D eigenvalue weighted by Gasteiger charge is -2.06. The van der Waals surface area contributed by atoms with Gasteiger partial charge in [0.05, 0.1) is 0 Å². The van der Waals surface area contributed by atoms with Crippen molar-refractivity contribution in [2.45, 2.75) is 13.0 Å². The first-order valence-corrected chi connectivity index (χ1v) is 5.84. The van der Waals surface area contributed by atoms with Gasteiger partial charge in [-0.2, -0.15) is 0 Å². The van der Waals surface area contributed by atoms with Gasteiger partial charge >= 0.3 is 0 Å². The van der Waals surface area contributed by atoms with Crippen molar-refractivity contribution >= 4 is 0 Å². The van der Waals surface area contributed by atoms with Gasteiger partial charge in [-0.05, 0) is 36.2 Å². The van der Waals surface area contributed by atoms with Crippen LogP contribution in [0.1, 0.15) is 11.1 Å². The molecule has 17 heavy (non-hydrogen) atoms. The van der Waals surface area contributed by atoms with Gasteiger partial charge in [0, 0.05) is 0 Å². The Morgan fingerprint density at radius 2 is 1.47 bits per heavy atom. The number of hydrogen-bond donors (Lipinski definition) is 1. The van der Waals surface area contributed by atoms with Gasteiger partial charge in [0.2, 0.25) is 0 Å². The molecule has 0 spiro atoms. The van der Waals surface area contributed by atoms with Crippen molar-refractivity contribution in [3.05, 3.63) is 65.7 Å². The van der Waals surface area contributed by atoms with Crippen molar-refractivity contribution < 1.29 is 4.74 Å². The highest BCUT2D eigenvalue weighted by molar-refractivity contribution is 5.24. The maximum atomic E-state index is 5.67. The fourth-order valence-electron chi connectivity index (χ4n) is 1.65. The summed E-state index contributed by atoms with van der Waals surface area (Å²) < 4.78 is 5.67. The minimum Gasteiger partial charge on any atom is -0.489 e. The van der Waals surface area contributed by atoms with Crippen molar-refractivity contribution in [2.75, 3.05) is 6.54 Å². The Bertz CT molecular complexity index is 436. The lowest BCUT2D eigenvalue weighted by molar-refractivity contribution is 0.306. The van der Waals surface area contributed by atoms with E-state index in [1.165, 1.54) is 11.1 Å². The van der Waals surface area contributed by atoms with Crippen LogP contribution in [0, 0.1) is 0 Å². The topological polar surface area (TPSA) is 35.2 Å². The van der Waals surface area contributed by atoms with E-state index in [0.717, 1.165) is 12.2 Å². The molecule has 0 bridgehead atoms. The fourth-order valence-corrected chi connectivity index (χ4v) is 1.65. The van der Waals surface area contributed by atoms with Crippen LogP contribution in [0.5, 0.6) is 5.75 Å². The second-order valence-electron chi connectivity index (χ2n) is 3.96. The van der Waals surface area contributed by atoms with Gasteiger partial charge in [0.15, 0.2) is 0 Å². The zero-order valence-electron chi connectivity index (χ0n) is 9.80. The van der Waals surface area contributed by atoms with Gasteiger partial charge in [-0.25, -0.2) is 0 Å². The SMILES string of the molecule is NCCc1ccc(COc2ccccc2)cc1. The Hall–Kier alpha value is -1.80. The second kappa shape index (κ2) is 6.06. The Morgan fingerprint density at radius 1 is 0.824 bits per heavy atom. The molecule has 2 heteroatoms. The smallest absolute Gasteiger partial charge is 0.119 e. The van der Waals surface area contributed by atoms with E-state index in [2.05, 4.69) is 24.3 Å². The average molecular weight is 227 g/mol. The Balaban J connectivity index is 1.91. The lowest BCUT2D eigenvalue weighted by atomic mass is 10.1. The van der Waals surface area contributed by atoms with Crippen LogP contribution in [0.4, 0.5) is 0 Å². The molecule has 2 nitrogen and oxygen atoms in total. The second-order valence-corrected chi connectivity index (χ2v) is 3.96. The molecule has 0 saturated carbocycles. The molecule has 0 aliphatic carbocycles. The van der Waals surface area contributed by atoms with Crippen LogP contribution in [0.2, 0.25) is 0 Å². The molecule has 88 valence electrons. The standard InChI is InChI=1S/C15H17NO/c16-11-10-13-6-8-14(9-7-13)12-17-15-4-2-1-3-5-15/h1-9H,10-12,16H2. The summed E-state index contributed by atoms with van der Waals surface area (Å²) in [4.78, 5) is 0. The van der Waals surface area contributed by atoms with Crippen molar-refractivity contribution in [3.63, 3.8) is 0 Å². The molecule has 0 aromatic heterocycles. The summed E-state index contributed by atoms with van der Waals surface area (Å²) >= 11 is 0. The van der Waals surface area contributed by atoms with Crippen LogP contribution >= 0.6 is 0 Å². The third-order valence-corrected chi connectivity index (χ3v) is 2.60. The van der Waals surface area contributed by atoms with E-state index in [1.807, 2.05) is 30.3 Å². The number of ether oxygens (including phenoxy) is 1. The quantitative estimate of drug-likeness (QED) is 0.852. The Labute approximate surface area is 102 Å². The Morgan fingerprint density at radius 3 is 2.12 bits per heavy atom. The third kappa shape index (κ3) is 3.61. The van der Waals surface area contributed by atoms with Gasteiger partial charge < -0.3 is 10.5 Å². The molecule has 0 saturated heterocycles. The van der Waals surface area contributed by atoms with Crippen LogP contribution in [0.15, 0.2) is 54.6 Å². The van der Waals surface area contributed by atoms with E-state index in [-0.39, 0.29) is 0 Å². The highest BCUT2D eigenvalue weighted by atomic mass is 16.5. The summed E-state index contributed by atoms with van der Waals surface area (Å²) in [7, 11) is 0. The molecule has 0 aliphatic rings. The van der Waals surface area contributed by atoms with E-state index in [9.17, 15) is 0 Å². The molecule has 0 aliphatic heterocycles. The van der Waals surface area contributed by atoms with Crippen LogP contribution in [0.3, 0.4) is 0 Å². The van der Waals surface area contributed by atoms with Crippen molar-refractivity contribution in [1.29, 1.82) is 0 Å². The summed E-state index contributed by atoms with van der Waals surface area (Å²) in [5, 5.41) is 0. The first-order valence-electron chi connectivity index (χ1n) is 5.84. The number of nitrogens with two attached hydrogens (primary N) is 1. The lowest BCUT2D eigenvalue weighted by Crippen LogP contribution is -2.02. The normalized spacial score (nSPS) is 10.2. The van der Waals surface area contributed by atoms with E-state index in [4.69, 9.17) is 10.5 Å². The number of hydrogen-bond acceptors (Lipinski definition) is 2. The Kier molecular flexibility index (Phi) is 4.17. The van der Waals surface area contributed by atoms with Gasteiger partial charge in [-0.3, -0.25) is 0 Å². The minimum absolute atomic E-state index is 0.604. The van der Waals surface area contributed by atoms with Crippen LogP contribution in [-0.4, -0.2) is 6.54 Å². The van der Waals surface area contributed by atoms with Crippen LogP contribution in [-0.2, 0) is 13.0 Å².